The molecule has 1 aromatic rings. The predicted molar refractivity (Wildman–Crippen MR) is 76.1 cm³/mol. The average molecular weight is 293 g/mol. The quantitative estimate of drug-likeness (QED) is 0.575. The summed E-state index contributed by atoms with van der Waals surface area (Å²) in [4.78, 5) is 33.6. The van der Waals surface area contributed by atoms with Gasteiger partial charge in [0, 0.05) is 6.54 Å². The van der Waals surface area contributed by atoms with Gasteiger partial charge in [-0.1, -0.05) is 26.0 Å². The van der Waals surface area contributed by atoms with E-state index in [0.717, 1.165) is 0 Å². The molecule has 0 radical (unpaired) electrons. The maximum atomic E-state index is 11.4. The second kappa shape index (κ2) is 8.73. The molecule has 0 aliphatic rings. The molecular weight excluding hydrogens is 274 g/mol. The van der Waals surface area contributed by atoms with Crippen LogP contribution < -0.4 is 10.1 Å². The summed E-state index contributed by atoms with van der Waals surface area (Å²) in [5.41, 5.74) is 0.347. The van der Waals surface area contributed by atoms with Gasteiger partial charge in [0.05, 0.1) is 5.56 Å². The van der Waals surface area contributed by atoms with Crippen molar-refractivity contribution in [3.8, 4) is 5.75 Å². The smallest absolute Gasteiger partial charge is 0.344 e. The molecule has 1 N–H and O–H groups in total. The highest BCUT2D eigenvalue weighted by molar-refractivity contribution is 5.81. The Kier molecular flexibility index (Phi) is 6.94. The van der Waals surface area contributed by atoms with Gasteiger partial charge >= 0.3 is 5.97 Å². The SMILES string of the molecule is CC(C)CNC(=O)COC(=O)COc1ccccc1C=O. The summed E-state index contributed by atoms with van der Waals surface area (Å²) in [5.74, 6) is -0.401. The number of hydrogen-bond donors (Lipinski definition) is 1. The number of carbonyl (C=O) groups is 3. The molecule has 114 valence electrons. The molecular formula is C15H19NO5. The fraction of sp³-hybridized carbons (Fsp3) is 0.400. The number of benzene rings is 1. The van der Waals surface area contributed by atoms with Gasteiger partial charge in [-0.15, -0.1) is 0 Å². The lowest BCUT2D eigenvalue weighted by molar-refractivity contribution is -0.150. The largest absolute Gasteiger partial charge is 0.481 e. The van der Waals surface area contributed by atoms with Crippen LogP contribution in [0.3, 0.4) is 0 Å². The molecule has 1 amide bonds. The van der Waals surface area contributed by atoms with Crippen LogP contribution in [0.15, 0.2) is 24.3 Å². The van der Waals surface area contributed by atoms with Crippen LogP contribution in [0.5, 0.6) is 5.75 Å². The molecule has 0 bridgehead atoms. The van der Waals surface area contributed by atoms with Gasteiger partial charge in [-0.25, -0.2) is 4.79 Å². The standard InChI is InChI=1S/C15H19NO5/c1-11(2)7-16-14(18)9-21-15(19)10-20-13-6-4-3-5-12(13)8-17/h3-6,8,11H,7,9-10H2,1-2H3,(H,16,18). The van der Waals surface area contributed by atoms with Gasteiger partial charge < -0.3 is 14.8 Å². The van der Waals surface area contributed by atoms with Crippen LogP contribution in [0, 0.1) is 5.92 Å². The summed E-state index contributed by atoms with van der Waals surface area (Å²) in [6.07, 6.45) is 0.639. The topological polar surface area (TPSA) is 81.7 Å². The lowest BCUT2D eigenvalue weighted by Crippen LogP contribution is -2.32. The van der Waals surface area contributed by atoms with Gasteiger partial charge in [0.15, 0.2) is 19.5 Å². The number of para-hydroxylation sites is 1. The first kappa shape index (κ1) is 16.7. The van der Waals surface area contributed by atoms with Crippen LogP contribution >= 0.6 is 0 Å². The van der Waals surface area contributed by atoms with E-state index in [0.29, 0.717) is 30.1 Å². The number of aldehydes is 1. The second-order valence-electron chi connectivity index (χ2n) is 4.80. The zero-order valence-corrected chi connectivity index (χ0v) is 12.1. The van der Waals surface area contributed by atoms with E-state index in [1.165, 1.54) is 0 Å². The maximum Gasteiger partial charge on any atom is 0.344 e. The normalized spacial score (nSPS) is 10.0. The summed E-state index contributed by atoms with van der Waals surface area (Å²) in [6.45, 7) is 3.75. The molecule has 6 nitrogen and oxygen atoms in total. The van der Waals surface area contributed by atoms with E-state index in [1.807, 2.05) is 13.8 Å². The highest BCUT2D eigenvalue weighted by Gasteiger charge is 2.10. The van der Waals surface area contributed by atoms with Crippen LogP contribution in [0.25, 0.3) is 0 Å². The van der Waals surface area contributed by atoms with E-state index in [-0.39, 0.29) is 19.1 Å². The van der Waals surface area contributed by atoms with E-state index in [9.17, 15) is 14.4 Å². The van der Waals surface area contributed by atoms with Crippen LogP contribution in [0.1, 0.15) is 24.2 Å². The lowest BCUT2D eigenvalue weighted by Gasteiger charge is -2.09. The van der Waals surface area contributed by atoms with Crippen molar-refractivity contribution < 1.29 is 23.9 Å². The molecule has 0 atom stereocenters. The minimum absolute atomic E-state index is 0.300. The third kappa shape index (κ3) is 6.56. The highest BCUT2D eigenvalue weighted by Crippen LogP contribution is 2.15. The first-order valence-electron chi connectivity index (χ1n) is 6.62. The number of ether oxygens (including phenoxy) is 2. The Morgan fingerprint density at radius 2 is 1.95 bits per heavy atom. The molecule has 21 heavy (non-hydrogen) atoms. The van der Waals surface area contributed by atoms with Gasteiger partial charge in [-0.2, -0.15) is 0 Å². The van der Waals surface area contributed by atoms with Crippen molar-refractivity contribution in [2.75, 3.05) is 19.8 Å². The van der Waals surface area contributed by atoms with E-state index >= 15 is 0 Å². The molecule has 0 unspecified atom stereocenters. The van der Waals surface area contributed by atoms with Gasteiger partial charge in [0.25, 0.3) is 5.91 Å². The number of hydrogen-bond acceptors (Lipinski definition) is 5. The fourth-order valence-corrected chi connectivity index (χ4v) is 1.40. The number of esters is 1. The first-order valence-corrected chi connectivity index (χ1v) is 6.62. The van der Waals surface area contributed by atoms with Crippen LogP contribution in [-0.2, 0) is 14.3 Å². The summed E-state index contributed by atoms with van der Waals surface area (Å²) in [6, 6.07) is 6.53. The molecule has 0 aromatic heterocycles. The van der Waals surface area contributed by atoms with Crippen LogP contribution in [-0.4, -0.2) is 37.9 Å². The Bertz CT molecular complexity index is 499. The molecule has 6 heteroatoms. The molecule has 1 rings (SSSR count). The van der Waals surface area contributed by atoms with E-state index in [2.05, 4.69) is 5.32 Å². The van der Waals surface area contributed by atoms with Crippen LogP contribution in [0.2, 0.25) is 0 Å². The Balaban J connectivity index is 2.31. The number of carbonyl (C=O) groups excluding carboxylic acids is 3. The van der Waals surface area contributed by atoms with Gasteiger partial charge in [-0.3, -0.25) is 9.59 Å². The number of rotatable bonds is 8. The molecule has 1 aromatic carbocycles. The number of amides is 1. The van der Waals surface area contributed by atoms with E-state index in [1.54, 1.807) is 24.3 Å². The molecule has 0 spiro atoms. The molecule has 0 aliphatic carbocycles. The number of nitrogens with one attached hydrogen (secondary N) is 1. The van der Waals surface area contributed by atoms with Crippen molar-refractivity contribution in [1.82, 2.24) is 5.32 Å². The fourth-order valence-electron chi connectivity index (χ4n) is 1.40. The predicted octanol–water partition coefficient (Wildman–Crippen LogP) is 1.19. The van der Waals surface area contributed by atoms with Crippen molar-refractivity contribution in [3.63, 3.8) is 0 Å². The van der Waals surface area contributed by atoms with Crippen LogP contribution in [0.4, 0.5) is 0 Å². The van der Waals surface area contributed by atoms with Crippen molar-refractivity contribution in [2.24, 2.45) is 5.92 Å². The summed E-state index contributed by atoms with van der Waals surface area (Å²) in [5, 5.41) is 2.63. The molecule has 0 fully saturated rings. The van der Waals surface area contributed by atoms with Crippen molar-refractivity contribution in [2.45, 2.75) is 13.8 Å². The van der Waals surface area contributed by atoms with Crippen molar-refractivity contribution in [3.05, 3.63) is 29.8 Å². The third-order valence-electron chi connectivity index (χ3n) is 2.46. The van der Waals surface area contributed by atoms with Gasteiger partial charge in [0.2, 0.25) is 0 Å². The summed E-state index contributed by atoms with van der Waals surface area (Å²) in [7, 11) is 0. The molecule has 0 aliphatic heterocycles. The minimum atomic E-state index is -0.671. The minimum Gasteiger partial charge on any atom is -0.481 e. The van der Waals surface area contributed by atoms with E-state index < -0.39 is 5.97 Å². The summed E-state index contributed by atoms with van der Waals surface area (Å²) >= 11 is 0. The van der Waals surface area contributed by atoms with Gasteiger partial charge in [0.1, 0.15) is 5.75 Å². The zero-order valence-electron chi connectivity index (χ0n) is 12.1. The zero-order chi connectivity index (χ0) is 15.7. The average Bonchev–Trinajstić information content (AvgIpc) is 2.49. The first-order chi connectivity index (χ1) is 10.0. The lowest BCUT2D eigenvalue weighted by atomic mass is 10.2. The Hall–Kier alpha value is -2.37. The molecule has 0 heterocycles. The maximum absolute atomic E-state index is 11.4. The summed E-state index contributed by atoms with van der Waals surface area (Å²) < 4.78 is 9.95. The van der Waals surface area contributed by atoms with Crippen molar-refractivity contribution in [1.29, 1.82) is 0 Å². The Morgan fingerprint density at radius 3 is 2.62 bits per heavy atom. The third-order valence-corrected chi connectivity index (χ3v) is 2.46. The monoisotopic (exact) mass is 293 g/mol. The van der Waals surface area contributed by atoms with Crippen molar-refractivity contribution >= 4 is 18.2 Å². The second-order valence-corrected chi connectivity index (χ2v) is 4.80. The van der Waals surface area contributed by atoms with Gasteiger partial charge in [-0.05, 0) is 18.1 Å². The highest BCUT2D eigenvalue weighted by atomic mass is 16.6. The van der Waals surface area contributed by atoms with E-state index in [4.69, 9.17) is 9.47 Å². The Labute approximate surface area is 123 Å². The molecule has 0 saturated heterocycles. The molecule has 0 saturated carbocycles. The Morgan fingerprint density at radius 1 is 1.24 bits per heavy atom.